The van der Waals surface area contributed by atoms with Gasteiger partial charge in [0.25, 0.3) is 0 Å². The predicted octanol–water partition coefficient (Wildman–Crippen LogP) is 5.22. The van der Waals surface area contributed by atoms with Gasteiger partial charge >= 0.3 is 11.9 Å². The Hall–Kier alpha value is -2.03. The maximum absolute atomic E-state index is 13.4. The van der Waals surface area contributed by atoms with Crippen molar-refractivity contribution in [2.24, 2.45) is 35.0 Å². The monoisotopic (exact) mass is 602 g/mol. The molecular formula is C35H54O8. The van der Waals surface area contributed by atoms with E-state index >= 15 is 0 Å². The minimum atomic E-state index is -1.94. The molecule has 8 heteroatoms. The van der Waals surface area contributed by atoms with Crippen LogP contribution in [0.4, 0.5) is 0 Å². The third-order valence-corrected chi connectivity index (χ3v) is 11.5. The van der Waals surface area contributed by atoms with Crippen LogP contribution in [-0.2, 0) is 23.9 Å². The van der Waals surface area contributed by atoms with Crippen LogP contribution in [0.1, 0.15) is 113 Å². The second-order valence-electron chi connectivity index (χ2n) is 14.4. The highest BCUT2D eigenvalue weighted by molar-refractivity contribution is 6.04. The summed E-state index contributed by atoms with van der Waals surface area (Å²) in [4.78, 5) is 40.1. The molecule has 4 aliphatic carbocycles. The molecule has 9 atom stereocenters. The zero-order valence-electron chi connectivity index (χ0n) is 27.3. The SMILES string of the molecule is CCCCCCCCCC(=O)O[C@@H]1[C@@H](C)[C@@]2(O)[C@H](C=C(CO)C[C@]3(O)C(=O)C(C)=C[C@H]23)[C@H]2C(C)(C)[C@]12OC(=O)[C@H](C)CC. The lowest BCUT2D eigenvalue weighted by atomic mass is 9.59. The maximum Gasteiger partial charge on any atom is 0.309 e. The lowest BCUT2D eigenvalue weighted by Gasteiger charge is -2.53. The van der Waals surface area contributed by atoms with Gasteiger partial charge in [-0.1, -0.05) is 92.2 Å². The molecule has 2 saturated carbocycles. The quantitative estimate of drug-likeness (QED) is 0.149. The Morgan fingerprint density at radius 2 is 1.67 bits per heavy atom. The number of fused-ring (bicyclic) bond motifs is 5. The number of aliphatic hydroxyl groups is 3. The fraction of sp³-hybridized carbons (Fsp3) is 0.800. The molecule has 4 aliphatic rings. The van der Waals surface area contributed by atoms with E-state index in [2.05, 4.69) is 6.92 Å². The number of ether oxygens (including phenoxy) is 2. The normalized spacial score (nSPS) is 38.1. The van der Waals surface area contributed by atoms with E-state index in [-0.39, 0.29) is 31.3 Å². The minimum Gasteiger partial charge on any atom is -0.458 e. The molecule has 4 rings (SSSR count). The van der Waals surface area contributed by atoms with Gasteiger partial charge in [0.05, 0.1) is 18.1 Å². The molecule has 0 aromatic carbocycles. The van der Waals surface area contributed by atoms with Crippen molar-refractivity contribution in [2.45, 2.75) is 136 Å². The number of unbranched alkanes of at least 4 members (excludes halogenated alkanes) is 6. The average Bonchev–Trinajstić information content (AvgIpc) is 3.39. The zero-order chi connectivity index (χ0) is 32.0. The molecule has 0 radical (unpaired) electrons. The van der Waals surface area contributed by atoms with Gasteiger partial charge in [0, 0.05) is 41.9 Å². The van der Waals surface area contributed by atoms with E-state index in [1.54, 1.807) is 32.9 Å². The van der Waals surface area contributed by atoms with Crippen molar-refractivity contribution in [3.8, 4) is 0 Å². The topological polar surface area (TPSA) is 130 Å². The molecule has 0 bridgehead atoms. The number of esters is 2. The molecule has 0 amide bonds. The van der Waals surface area contributed by atoms with Gasteiger partial charge < -0.3 is 24.8 Å². The first-order valence-electron chi connectivity index (χ1n) is 16.6. The second kappa shape index (κ2) is 12.4. The summed E-state index contributed by atoms with van der Waals surface area (Å²) in [6.07, 6.45) is 10.5. The van der Waals surface area contributed by atoms with Crippen LogP contribution in [0.25, 0.3) is 0 Å². The van der Waals surface area contributed by atoms with Crippen molar-refractivity contribution in [3.63, 3.8) is 0 Å². The average molecular weight is 603 g/mol. The van der Waals surface area contributed by atoms with Gasteiger partial charge in [0.1, 0.15) is 11.7 Å². The van der Waals surface area contributed by atoms with Crippen molar-refractivity contribution >= 4 is 17.7 Å². The van der Waals surface area contributed by atoms with Crippen LogP contribution in [0.2, 0.25) is 0 Å². The van der Waals surface area contributed by atoms with Crippen molar-refractivity contribution in [1.29, 1.82) is 0 Å². The molecule has 0 aromatic rings. The molecule has 43 heavy (non-hydrogen) atoms. The zero-order valence-corrected chi connectivity index (χ0v) is 27.3. The van der Waals surface area contributed by atoms with Crippen molar-refractivity contribution < 1.29 is 39.2 Å². The predicted molar refractivity (Wildman–Crippen MR) is 163 cm³/mol. The standard InChI is InChI=1S/C35H54O8/c1-8-10-11-12-13-14-15-16-27(37)42-30-23(5)34(41)25(28-32(6,7)35(28,30)43-31(39)21(3)9-2)18-24(20-36)19-33(40)26(34)17-22(4)29(33)38/h17-18,21,23,25-26,28,30,36,40-41H,8-16,19-20H2,1-7H3/t21-,23-,25-,26+,28+,30-,33-,34-,35-/m1/s1. The molecule has 2 fully saturated rings. The molecule has 0 spiro atoms. The molecule has 0 aliphatic heterocycles. The largest absolute Gasteiger partial charge is 0.458 e. The van der Waals surface area contributed by atoms with Gasteiger partial charge in [-0.2, -0.15) is 0 Å². The van der Waals surface area contributed by atoms with Crippen LogP contribution in [-0.4, -0.2) is 62.6 Å². The molecule has 0 unspecified atom stereocenters. The number of Topliss-reactive ketones (excluding diaryl/α,β-unsaturated/α-hetero) is 1. The molecule has 8 nitrogen and oxygen atoms in total. The third-order valence-electron chi connectivity index (χ3n) is 11.5. The summed E-state index contributed by atoms with van der Waals surface area (Å²) in [6, 6.07) is 0. The molecular weight excluding hydrogens is 548 g/mol. The van der Waals surface area contributed by atoms with Crippen molar-refractivity contribution in [1.82, 2.24) is 0 Å². The second-order valence-corrected chi connectivity index (χ2v) is 14.4. The molecule has 0 heterocycles. The highest BCUT2D eigenvalue weighted by atomic mass is 16.6. The Labute approximate surface area is 257 Å². The smallest absolute Gasteiger partial charge is 0.309 e. The van der Waals surface area contributed by atoms with Crippen molar-refractivity contribution in [2.75, 3.05) is 6.61 Å². The van der Waals surface area contributed by atoms with E-state index in [0.29, 0.717) is 24.0 Å². The fourth-order valence-corrected chi connectivity index (χ4v) is 8.68. The molecule has 3 N–H and O–H groups in total. The number of ketones is 1. The summed E-state index contributed by atoms with van der Waals surface area (Å²) >= 11 is 0. The molecule has 0 saturated heterocycles. The fourth-order valence-electron chi connectivity index (χ4n) is 8.68. The Morgan fingerprint density at radius 3 is 2.28 bits per heavy atom. The molecule has 242 valence electrons. The lowest BCUT2D eigenvalue weighted by Crippen LogP contribution is -2.66. The van der Waals surface area contributed by atoms with Crippen LogP contribution in [0.5, 0.6) is 0 Å². The van der Waals surface area contributed by atoms with Gasteiger partial charge in [-0.3, -0.25) is 14.4 Å². The van der Waals surface area contributed by atoms with Gasteiger partial charge in [-0.15, -0.1) is 0 Å². The number of hydrogen-bond acceptors (Lipinski definition) is 8. The summed E-state index contributed by atoms with van der Waals surface area (Å²) in [5, 5.41) is 35.0. The van der Waals surface area contributed by atoms with E-state index in [9.17, 15) is 29.7 Å². The Balaban J connectivity index is 1.72. The summed E-state index contributed by atoms with van der Waals surface area (Å²) in [6.45, 7) is 12.8. The van der Waals surface area contributed by atoms with Crippen LogP contribution < -0.4 is 0 Å². The van der Waals surface area contributed by atoms with Gasteiger partial charge in [0.15, 0.2) is 11.4 Å². The van der Waals surface area contributed by atoms with E-state index in [4.69, 9.17) is 9.47 Å². The highest BCUT2D eigenvalue weighted by Gasteiger charge is 2.88. The number of aliphatic hydroxyl groups excluding tert-OH is 1. The Bertz CT molecular complexity index is 1150. The number of carbonyl (C=O) groups excluding carboxylic acids is 3. The number of rotatable bonds is 13. The van der Waals surface area contributed by atoms with Crippen LogP contribution >= 0.6 is 0 Å². The third kappa shape index (κ3) is 5.33. The summed E-state index contributed by atoms with van der Waals surface area (Å²) < 4.78 is 12.7. The first kappa shape index (κ1) is 33.9. The highest BCUT2D eigenvalue weighted by Crippen LogP contribution is 2.77. The summed E-state index contributed by atoms with van der Waals surface area (Å²) in [5.41, 5.74) is -4.75. The number of hydrogen-bond donors (Lipinski definition) is 3. The summed E-state index contributed by atoms with van der Waals surface area (Å²) in [7, 11) is 0. The van der Waals surface area contributed by atoms with Crippen LogP contribution in [0.3, 0.4) is 0 Å². The first-order valence-corrected chi connectivity index (χ1v) is 16.6. The molecule has 0 aromatic heterocycles. The van der Waals surface area contributed by atoms with Crippen molar-refractivity contribution in [3.05, 3.63) is 23.3 Å². The van der Waals surface area contributed by atoms with Gasteiger partial charge in [-0.05, 0) is 30.9 Å². The van der Waals surface area contributed by atoms with E-state index in [1.165, 1.54) is 19.3 Å². The minimum absolute atomic E-state index is 0.109. The van der Waals surface area contributed by atoms with E-state index in [0.717, 1.165) is 19.3 Å². The maximum atomic E-state index is 13.4. The van der Waals surface area contributed by atoms with Crippen LogP contribution in [0.15, 0.2) is 23.3 Å². The van der Waals surface area contributed by atoms with Gasteiger partial charge in [-0.25, -0.2) is 0 Å². The Kier molecular flexibility index (Phi) is 9.76. The van der Waals surface area contributed by atoms with E-state index in [1.807, 2.05) is 20.8 Å². The van der Waals surface area contributed by atoms with Crippen LogP contribution in [0, 0.1) is 35.0 Å². The number of carbonyl (C=O) groups is 3. The lowest BCUT2D eigenvalue weighted by molar-refractivity contribution is -0.230. The van der Waals surface area contributed by atoms with E-state index < -0.39 is 63.7 Å². The van der Waals surface area contributed by atoms with Gasteiger partial charge in [0.2, 0.25) is 0 Å². The first-order chi connectivity index (χ1) is 20.2. The summed E-state index contributed by atoms with van der Waals surface area (Å²) in [5.74, 6) is -4.57. The Morgan fingerprint density at radius 1 is 1.05 bits per heavy atom.